The third-order valence-electron chi connectivity index (χ3n) is 3.27. The zero-order valence-electron chi connectivity index (χ0n) is 12.4. The molecule has 0 aliphatic carbocycles. The van der Waals surface area contributed by atoms with Gasteiger partial charge in [0.05, 0.1) is 0 Å². The molecular formula is C17H19FN2O. The number of anilines is 2. The maximum atomic E-state index is 13.5. The second-order valence-electron chi connectivity index (χ2n) is 5.19. The van der Waals surface area contributed by atoms with Crippen LogP contribution in [0.5, 0.6) is 0 Å². The minimum absolute atomic E-state index is 0.167. The van der Waals surface area contributed by atoms with Gasteiger partial charge in [-0.3, -0.25) is 4.79 Å². The van der Waals surface area contributed by atoms with Crippen molar-refractivity contribution in [2.24, 2.45) is 0 Å². The van der Waals surface area contributed by atoms with E-state index in [9.17, 15) is 9.18 Å². The summed E-state index contributed by atoms with van der Waals surface area (Å²) in [7, 11) is 0. The maximum Gasteiger partial charge on any atom is 0.246 e. The van der Waals surface area contributed by atoms with Gasteiger partial charge in [-0.1, -0.05) is 23.8 Å². The smallest absolute Gasteiger partial charge is 0.246 e. The Bertz CT molecular complexity index is 638. The first-order valence-corrected chi connectivity index (χ1v) is 6.86. The van der Waals surface area contributed by atoms with Crippen molar-refractivity contribution in [3.8, 4) is 0 Å². The van der Waals surface area contributed by atoms with Gasteiger partial charge in [0.25, 0.3) is 0 Å². The lowest BCUT2D eigenvalue weighted by Crippen LogP contribution is -2.31. The first-order chi connectivity index (χ1) is 9.95. The van der Waals surface area contributed by atoms with Crippen LogP contribution in [0.4, 0.5) is 15.8 Å². The Labute approximate surface area is 124 Å². The van der Waals surface area contributed by atoms with Gasteiger partial charge in [0.1, 0.15) is 11.9 Å². The third-order valence-corrected chi connectivity index (χ3v) is 3.27. The van der Waals surface area contributed by atoms with E-state index >= 15 is 0 Å². The molecule has 0 heterocycles. The Morgan fingerprint density at radius 3 is 2.29 bits per heavy atom. The molecular weight excluding hydrogens is 267 g/mol. The standard InChI is InChI=1S/C17H19FN2O/c1-11-4-7-14(8-5-11)20-17(21)13(3)19-15-9-6-12(2)16(18)10-15/h4-10,13,19H,1-3H3,(H,20,21)/t13-/m1/s1. The molecule has 0 aromatic heterocycles. The second kappa shape index (κ2) is 6.39. The highest BCUT2D eigenvalue weighted by Gasteiger charge is 2.13. The van der Waals surface area contributed by atoms with Gasteiger partial charge in [-0.2, -0.15) is 0 Å². The lowest BCUT2D eigenvalue weighted by Gasteiger charge is -2.15. The lowest BCUT2D eigenvalue weighted by molar-refractivity contribution is -0.116. The van der Waals surface area contributed by atoms with E-state index in [4.69, 9.17) is 0 Å². The highest BCUT2D eigenvalue weighted by atomic mass is 19.1. The molecule has 1 atom stereocenters. The predicted molar refractivity (Wildman–Crippen MR) is 84.0 cm³/mol. The largest absolute Gasteiger partial charge is 0.374 e. The SMILES string of the molecule is Cc1ccc(NC(=O)[C@@H](C)Nc2ccc(C)c(F)c2)cc1. The van der Waals surface area contributed by atoms with Crippen LogP contribution in [0.15, 0.2) is 42.5 Å². The third kappa shape index (κ3) is 4.05. The van der Waals surface area contributed by atoms with Crippen LogP contribution in [0.3, 0.4) is 0 Å². The molecule has 2 aromatic carbocycles. The van der Waals surface area contributed by atoms with Gasteiger partial charge in [-0.25, -0.2) is 4.39 Å². The second-order valence-corrected chi connectivity index (χ2v) is 5.19. The first kappa shape index (κ1) is 15.0. The molecule has 2 N–H and O–H groups in total. The van der Waals surface area contributed by atoms with Crippen LogP contribution >= 0.6 is 0 Å². The molecule has 110 valence electrons. The van der Waals surface area contributed by atoms with Crippen LogP contribution in [0.25, 0.3) is 0 Å². The molecule has 21 heavy (non-hydrogen) atoms. The van der Waals surface area contributed by atoms with Crippen molar-refractivity contribution in [2.45, 2.75) is 26.8 Å². The average Bonchev–Trinajstić information content (AvgIpc) is 2.45. The van der Waals surface area contributed by atoms with E-state index in [2.05, 4.69) is 10.6 Å². The summed E-state index contributed by atoms with van der Waals surface area (Å²) in [6, 6.07) is 11.9. The van der Waals surface area contributed by atoms with Gasteiger partial charge >= 0.3 is 0 Å². The summed E-state index contributed by atoms with van der Waals surface area (Å²) in [6.07, 6.45) is 0. The Hall–Kier alpha value is -2.36. The summed E-state index contributed by atoms with van der Waals surface area (Å²) >= 11 is 0. The van der Waals surface area contributed by atoms with Crippen LogP contribution in [-0.2, 0) is 4.79 Å². The molecule has 0 radical (unpaired) electrons. The fourth-order valence-corrected chi connectivity index (χ4v) is 1.89. The number of benzene rings is 2. The molecule has 1 amide bonds. The van der Waals surface area contributed by atoms with Crippen molar-refractivity contribution in [1.82, 2.24) is 0 Å². The van der Waals surface area contributed by atoms with Crippen LogP contribution in [0, 0.1) is 19.7 Å². The summed E-state index contributed by atoms with van der Waals surface area (Å²) < 4.78 is 13.5. The van der Waals surface area contributed by atoms with Crippen molar-refractivity contribution in [2.75, 3.05) is 10.6 Å². The molecule has 0 aliphatic rings. The van der Waals surface area contributed by atoms with Crippen LogP contribution in [0.2, 0.25) is 0 Å². The summed E-state index contributed by atoms with van der Waals surface area (Å²) in [5.74, 6) is -0.453. The Morgan fingerprint density at radius 2 is 1.67 bits per heavy atom. The van der Waals surface area contributed by atoms with Crippen molar-refractivity contribution in [3.05, 3.63) is 59.4 Å². The molecule has 0 fully saturated rings. The van der Waals surface area contributed by atoms with E-state index in [1.165, 1.54) is 6.07 Å². The molecule has 0 bridgehead atoms. The molecule has 0 unspecified atom stereocenters. The highest BCUT2D eigenvalue weighted by Crippen LogP contribution is 2.15. The fraction of sp³-hybridized carbons (Fsp3) is 0.235. The van der Waals surface area contributed by atoms with Gasteiger partial charge < -0.3 is 10.6 Å². The normalized spacial score (nSPS) is 11.8. The van der Waals surface area contributed by atoms with Gasteiger partial charge in [0.2, 0.25) is 5.91 Å². The topological polar surface area (TPSA) is 41.1 Å². The Balaban J connectivity index is 1.98. The van der Waals surface area contributed by atoms with E-state index < -0.39 is 6.04 Å². The summed E-state index contributed by atoms with van der Waals surface area (Å²) in [6.45, 7) is 5.43. The number of hydrogen-bond acceptors (Lipinski definition) is 2. The van der Waals surface area contributed by atoms with Gasteiger partial charge in [-0.05, 0) is 50.6 Å². The summed E-state index contributed by atoms with van der Waals surface area (Å²) in [5.41, 5.74) is 3.05. The highest BCUT2D eigenvalue weighted by molar-refractivity contribution is 5.96. The molecule has 2 aromatic rings. The quantitative estimate of drug-likeness (QED) is 0.895. The molecule has 0 aliphatic heterocycles. The van der Waals surface area contributed by atoms with Crippen LogP contribution < -0.4 is 10.6 Å². The van der Waals surface area contributed by atoms with Crippen LogP contribution in [-0.4, -0.2) is 11.9 Å². The van der Waals surface area contributed by atoms with E-state index in [0.717, 1.165) is 11.3 Å². The van der Waals surface area contributed by atoms with Gasteiger partial charge in [0, 0.05) is 11.4 Å². The number of amides is 1. The van der Waals surface area contributed by atoms with E-state index in [1.54, 1.807) is 26.0 Å². The van der Waals surface area contributed by atoms with Crippen LogP contribution in [0.1, 0.15) is 18.1 Å². The molecule has 4 heteroatoms. The van der Waals surface area contributed by atoms with E-state index in [-0.39, 0.29) is 11.7 Å². The number of rotatable bonds is 4. The van der Waals surface area contributed by atoms with Crippen molar-refractivity contribution >= 4 is 17.3 Å². The van der Waals surface area contributed by atoms with Gasteiger partial charge in [0.15, 0.2) is 0 Å². The number of halogens is 1. The van der Waals surface area contributed by atoms with Gasteiger partial charge in [-0.15, -0.1) is 0 Å². The van der Waals surface area contributed by atoms with E-state index in [0.29, 0.717) is 11.3 Å². The zero-order valence-corrected chi connectivity index (χ0v) is 12.4. The van der Waals surface area contributed by atoms with E-state index in [1.807, 2.05) is 31.2 Å². The fourth-order valence-electron chi connectivity index (χ4n) is 1.89. The average molecular weight is 286 g/mol. The summed E-state index contributed by atoms with van der Waals surface area (Å²) in [5, 5.41) is 5.81. The number of carbonyl (C=O) groups is 1. The van der Waals surface area contributed by atoms with Crippen molar-refractivity contribution < 1.29 is 9.18 Å². The Kier molecular flexibility index (Phi) is 4.58. The van der Waals surface area contributed by atoms with Crippen molar-refractivity contribution in [3.63, 3.8) is 0 Å². The predicted octanol–water partition coefficient (Wildman–Crippen LogP) is 3.88. The zero-order chi connectivity index (χ0) is 15.4. The number of carbonyl (C=O) groups excluding carboxylic acids is 1. The van der Waals surface area contributed by atoms with Crippen molar-refractivity contribution in [1.29, 1.82) is 0 Å². The molecule has 2 rings (SSSR count). The minimum Gasteiger partial charge on any atom is -0.374 e. The molecule has 0 saturated carbocycles. The number of hydrogen-bond donors (Lipinski definition) is 2. The maximum absolute atomic E-state index is 13.5. The minimum atomic E-state index is -0.464. The Morgan fingerprint density at radius 1 is 1.05 bits per heavy atom. The number of aryl methyl sites for hydroxylation is 2. The first-order valence-electron chi connectivity index (χ1n) is 6.86. The molecule has 0 saturated heterocycles. The monoisotopic (exact) mass is 286 g/mol. The lowest BCUT2D eigenvalue weighted by atomic mass is 10.2. The molecule has 3 nitrogen and oxygen atoms in total. The molecule has 0 spiro atoms. The number of nitrogens with one attached hydrogen (secondary N) is 2. The summed E-state index contributed by atoms with van der Waals surface area (Å²) in [4.78, 5) is 12.1.